The van der Waals surface area contributed by atoms with Gasteiger partial charge in [-0.05, 0) is 49.3 Å². The summed E-state index contributed by atoms with van der Waals surface area (Å²) in [5.41, 5.74) is 0.990. The van der Waals surface area contributed by atoms with Crippen LogP contribution in [0.25, 0.3) is 0 Å². The van der Waals surface area contributed by atoms with Crippen molar-refractivity contribution >= 4 is 12.0 Å². The summed E-state index contributed by atoms with van der Waals surface area (Å²) in [6.07, 6.45) is 5.69. The van der Waals surface area contributed by atoms with Crippen molar-refractivity contribution in [2.75, 3.05) is 6.61 Å². The van der Waals surface area contributed by atoms with Crippen molar-refractivity contribution in [2.45, 2.75) is 50.8 Å². The second kappa shape index (κ2) is 7.66. The van der Waals surface area contributed by atoms with Crippen LogP contribution >= 0.6 is 0 Å². The summed E-state index contributed by atoms with van der Waals surface area (Å²) in [5.74, 6) is -0.459. The summed E-state index contributed by atoms with van der Waals surface area (Å²) in [6, 6.07) is 6.45. The molecule has 2 unspecified atom stereocenters. The van der Waals surface area contributed by atoms with Gasteiger partial charge in [-0.1, -0.05) is 18.6 Å². The van der Waals surface area contributed by atoms with Gasteiger partial charge < -0.3 is 20.5 Å². The highest BCUT2D eigenvalue weighted by Crippen LogP contribution is 2.34. The van der Waals surface area contributed by atoms with Crippen LogP contribution in [0.1, 0.15) is 48.0 Å². The Labute approximate surface area is 141 Å². The van der Waals surface area contributed by atoms with Crippen LogP contribution in [0.3, 0.4) is 0 Å². The van der Waals surface area contributed by atoms with Crippen LogP contribution in [-0.4, -0.2) is 35.9 Å². The molecule has 0 bridgehead atoms. The van der Waals surface area contributed by atoms with Gasteiger partial charge in [0, 0.05) is 13.2 Å². The standard InChI is InChI=1S/C18H24N2O4/c21-17(22)14-7-1-4-12(10-14)11-19-18(23)20-16(13-5-2-6-13)15-8-3-9-24-15/h1,4,7,10,13,15-16H,2-3,5-6,8-9,11H2,(H,21,22)(H2,19,20,23). The largest absolute Gasteiger partial charge is 0.478 e. The Morgan fingerprint density at radius 2 is 2.08 bits per heavy atom. The Balaban J connectivity index is 1.53. The first-order valence-corrected chi connectivity index (χ1v) is 8.61. The molecule has 6 heteroatoms. The molecule has 2 fully saturated rings. The molecule has 1 aromatic carbocycles. The third kappa shape index (κ3) is 4.06. The second-order valence-electron chi connectivity index (χ2n) is 6.60. The average Bonchev–Trinajstić information content (AvgIpc) is 3.05. The predicted octanol–water partition coefficient (Wildman–Crippen LogP) is 2.53. The second-order valence-corrected chi connectivity index (χ2v) is 6.60. The zero-order valence-corrected chi connectivity index (χ0v) is 13.7. The molecule has 0 spiro atoms. The zero-order chi connectivity index (χ0) is 16.9. The maximum absolute atomic E-state index is 12.3. The van der Waals surface area contributed by atoms with Crippen LogP contribution in [0.2, 0.25) is 0 Å². The molecule has 1 aliphatic carbocycles. The van der Waals surface area contributed by atoms with E-state index in [-0.39, 0.29) is 23.7 Å². The first-order chi connectivity index (χ1) is 11.6. The number of aromatic carboxylic acids is 1. The maximum Gasteiger partial charge on any atom is 0.335 e. The van der Waals surface area contributed by atoms with E-state index < -0.39 is 5.97 Å². The number of hydrogen-bond donors (Lipinski definition) is 3. The summed E-state index contributed by atoms with van der Waals surface area (Å²) in [4.78, 5) is 23.2. The Kier molecular flexibility index (Phi) is 5.35. The van der Waals surface area contributed by atoms with Crippen molar-refractivity contribution in [3.8, 4) is 0 Å². The molecule has 2 aliphatic rings. The molecule has 24 heavy (non-hydrogen) atoms. The molecule has 2 amide bonds. The Bertz CT molecular complexity index is 594. The van der Waals surface area contributed by atoms with Gasteiger partial charge in [-0.2, -0.15) is 0 Å². The third-order valence-corrected chi connectivity index (χ3v) is 4.95. The fourth-order valence-corrected chi connectivity index (χ4v) is 3.40. The highest BCUT2D eigenvalue weighted by Gasteiger charge is 2.36. The minimum absolute atomic E-state index is 0.0756. The molecule has 1 aromatic rings. The van der Waals surface area contributed by atoms with Crippen LogP contribution in [0.4, 0.5) is 4.79 Å². The molecular formula is C18H24N2O4. The van der Waals surface area contributed by atoms with E-state index in [2.05, 4.69) is 10.6 Å². The number of amides is 2. The normalized spacial score (nSPS) is 21.8. The van der Waals surface area contributed by atoms with E-state index >= 15 is 0 Å². The highest BCUT2D eigenvalue weighted by atomic mass is 16.5. The number of rotatable bonds is 6. The SMILES string of the molecule is O=C(NCc1cccc(C(=O)O)c1)NC(C1CCC1)C1CCCO1. The number of carbonyl (C=O) groups is 2. The predicted molar refractivity (Wildman–Crippen MR) is 88.9 cm³/mol. The van der Waals surface area contributed by atoms with Gasteiger partial charge in [-0.15, -0.1) is 0 Å². The van der Waals surface area contributed by atoms with Crippen LogP contribution in [0.5, 0.6) is 0 Å². The Hall–Kier alpha value is -2.08. The lowest BCUT2D eigenvalue weighted by molar-refractivity contribution is 0.0438. The summed E-state index contributed by atoms with van der Waals surface area (Å²) in [6.45, 7) is 1.08. The van der Waals surface area contributed by atoms with Crippen molar-refractivity contribution in [1.82, 2.24) is 10.6 Å². The van der Waals surface area contributed by atoms with Crippen LogP contribution in [0, 0.1) is 5.92 Å². The maximum atomic E-state index is 12.3. The highest BCUT2D eigenvalue weighted by molar-refractivity contribution is 5.87. The number of benzene rings is 1. The van der Waals surface area contributed by atoms with E-state index in [1.54, 1.807) is 18.2 Å². The lowest BCUT2D eigenvalue weighted by Gasteiger charge is -2.37. The van der Waals surface area contributed by atoms with Gasteiger partial charge in [-0.25, -0.2) is 9.59 Å². The van der Waals surface area contributed by atoms with Crippen LogP contribution in [0.15, 0.2) is 24.3 Å². The smallest absolute Gasteiger partial charge is 0.335 e. The molecule has 2 atom stereocenters. The van der Waals surface area contributed by atoms with Gasteiger partial charge in [-0.3, -0.25) is 0 Å². The van der Waals surface area contributed by atoms with E-state index in [1.807, 2.05) is 0 Å². The molecule has 130 valence electrons. The molecule has 1 saturated carbocycles. The monoisotopic (exact) mass is 332 g/mol. The molecule has 1 aliphatic heterocycles. The number of hydrogen-bond acceptors (Lipinski definition) is 3. The summed E-state index contributed by atoms with van der Waals surface area (Å²) in [7, 11) is 0. The molecule has 1 saturated heterocycles. The van der Waals surface area contributed by atoms with Crippen molar-refractivity contribution in [1.29, 1.82) is 0 Å². The third-order valence-electron chi connectivity index (χ3n) is 4.95. The van der Waals surface area contributed by atoms with E-state index in [9.17, 15) is 9.59 Å². The fourth-order valence-electron chi connectivity index (χ4n) is 3.40. The Morgan fingerprint density at radius 1 is 1.25 bits per heavy atom. The summed E-state index contributed by atoms with van der Waals surface area (Å²) < 4.78 is 5.77. The van der Waals surface area contributed by atoms with E-state index in [4.69, 9.17) is 9.84 Å². The first-order valence-electron chi connectivity index (χ1n) is 8.61. The lowest BCUT2D eigenvalue weighted by atomic mass is 9.77. The van der Waals surface area contributed by atoms with Gasteiger partial charge in [0.15, 0.2) is 0 Å². The molecule has 0 aromatic heterocycles. The number of urea groups is 1. The molecule has 0 radical (unpaired) electrons. The minimum Gasteiger partial charge on any atom is -0.478 e. The van der Waals surface area contributed by atoms with Crippen molar-refractivity contribution in [3.63, 3.8) is 0 Å². The quantitative estimate of drug-likeness (QED) is 0.747. The summed E-state index contributed by atoms with van der Waals surface area (Å²) >= 11 is 0. The van der Waals surface area contributed by atoms with Gasteiger partial charge in [0.05, 0.1) is 17.7 Å². The van der Waals surface area contributed by atoms with E-state index in [0.29, 0.717) is 12.5 Å². The summed E-state index contributed by atoms with van der Waals surface area (Å²) in [5, 5.41) is 14.9. The Morgan fingerprint density at radius 3 is 2.71 bits per heavy atom. The molecule has 1 heterocycles. The van der Waals surface area contributed by atoms with Gasteiger partial charge >= 0.3 is 12.0 Å². The van der Waals surface area contributed by atoms with E-state index in [0.717, 1.165) is 37.9 Å². The van der Waals surface area contributed by atoms with Crippen LogP contribution in [-0.2, 0) is 11.3 Å². The van der Waals surface area contributed by atoms with Gasteiger partial charge in [0.25, 0.3) is 0 Å². The minimum atomic E-state index is -0.968. The number of carboxylic acid groups (broad SMARTS) is 1. The van der Waals surface area contributed by atoms with Crippen molar-refractivity contribution in [3.05, 3.63) is 35.4 Å². The first kappa shape index (κ1) is 16.8. The van der Waals surface area contributed by atoms with Gasteiger partial charge in [0.1, 0.15) is 0 Å². The lowest BCUT2D eigenvalue weighted by Crippen LogP contribution is -2.52. The molecule has 3 rings (SSSR count). The van der Waals surface area contributed by atoms with E-state index in [1.165, 1.54) is 12.5 Å². The number of carbonyl (C=O) groups excluding carboxylic acids is 1. The molecular weight excluding hydrogens is 308 g/mol. The average molecular weight is 332 g/mol. The van der Waals surface area contributed by atoms with Gasteiger partial charge in [0.2, 0.25) is 0 Å². The van der Waals surface area contributed by atoms with Crippen molar-refractivity contribution < 1.29 is 19.4 Å². The number of carboxylic acids is 1. The fraction of sp³-hybridized carbons (Fsp3) is 0.556. The number of nitrogens with one attached hydrogen (secondary N) is 2. The topological polar surface area (TPSA) is 87.7 Å². The number of ether oxygens (including phenoxy) is 1. The zero-order valence-electron chi connectivity index (χ0n) is 13.7. The molecule has 3 N–H and O–H groups in total. The van der Waals surface area contributed by atoms with Crippen molar-refractivity contribution in [2.24, 2.45) is 5.92 Å². The molecule has 6 nitrogen and oxygen atoms in total. The van der Waals surface area contributed by atoms with Crippen LogP contribution < -0.4 is 10.6 Å².